The molecule has 0 aromatic carbocycles. The molecule has 0 spiro atoms. The van der Waals surface area contributed by atoms with E-state index in [9.17, 15) is 31.1 Å². The predicted molar refractivity (Wildman–Crippen MR) is 45.3 cm³/mol. The number of alkyl halides is 6. The lowest BCUT2D eigenvalue weighted by Crippen LogP contribution is -2.43. The number of carboxylic acids is 1. The zero-order valence-electron chi connectivity index (χ0n) is 8.72. The molecule has 0 saturated heterocycles. The van der Waals surface area contributed by atoms with Crippen LogP contribution in [-0.2, 0) is 4.79 Å². The van der Waals surface area contributed by atoms with Gasteiger partial charge in [-0.05, 0) is 0 Å². The Labute approximate surface area is 97.4 Å². The fourth-order valence-corrected chi connectivity index (χ4v) is 1.11. The molecule has 1 N–H and O–H groups in total. The fraction of sp³-hybridized carbons (Fsp3) is 0.750. The number of hydrogen-bond donors (Lipinski definition) is 1. The first-order valence-corrected chi connectivity index (χ1v) is 4.43. The Morgan fingerprint density at radius 1 is 1.28 bits per heavy atom. The van der Waals surface area contributed by atoms with Gasteiger partial charge in [-0.2, -0.15) is 31.6 Å². The van der Waals surface area contributed by atoms with Crippen LogP contribution in [0.1, 0.15) is 0 Å². The minimum absolute atomic E-state index is 0.0176. The second-order valence-corrected chi connectivity index (χ2v) is 3.40. The molecule has 0 rings (SSSR count). The Morgan fingerprint density at radius 3 is 2.06 bits per heavy atom. The lowest BCUT2D eigenvalue weighted by atomic mass is 10.1. The van der Waals surface area contributed by atoms with Gasteiger partial charge in [-0.15, -0.1) is 0 Å². The number of halogens is 6. The van der Waals surface area contributed by atoms with Crippen molar-refractivity contribution in [1.82, 2.24) is 4.90 Å². The summed E-state index contributed by atoms with van der Waals surface area (Å²) in [4.78, 5) is 10.3. The molecule has 0 bridgehead atoms. The molecule has 18 heavy (non-hydrogen) atoms. The van der Waals surface area contributed by atoms with Gasteiger partial charge in [0.1, 0.15) is 0 Å². The summed E-state index contributed by atoms with van der Waals surface area (Å²) in [5.41, 5.74) is 0. The highest BCUT2D eigenvalue weighted by Crippen LogP contribution is 2.27. The summed E-state index contributed by atoms with van der Waals surface area (Å²) in [6.07, 6.45) is -9.85. The van der Waals surface area contributed by atoms with Gasteiger partial charge in [0.25, 0.3) is 0 Å². The molecule has 0 amide bonds. The molecular formula is C8H8F6N2O2. The Bertz CT molecular complexity index is 332. The van der Waals surface area contributed by atoms with Crippen molar-refractivity contribution >= 4 is 5.97 Å². The zero-order chi connectivity index (χ0) is 14.6. The van der Waals surface area contributed by atoms with E-state index in [4.69, 9.17) is 10.4 Å². The van der Waals surface area contributed by atoms with Crippen molar-refractivity contribution in [3.05, 3.63) is 0 Å². The summed E-state index contributed by atoms with van der Waals surface area (Å²) in [5, 5.41) is 16.5. The highest BCUT2D eigenvalue weighted by molar-refractivity contribution is 5.69. The van der Waals surface area contributed by atoms with E-state index in [2.05, 4.69) is 0 Å². The van der Waals surface area contributed by atoms with Gasteiger partial charge in [-0.3, -0.25) is 9.69 Å². The van der Waals surface area contributed by atoms with Gasteiger partial charge in [-0.25, -0.2) is 0 Å². The van der Waals surface area contributed by atoms with Gasteiger partial charge in [-0.1, -0.05) is 0 Å². The third-order valence-electron chi connectivity index (χ3n) is 1.75. The fourth-order valence-electron chi connectivity index (χ4n) is 1.11. The Morgan fingerprint density at radius 2 is 1.78 bits per heavy atom. The normalized spacial score (nSPS) is 14.3. The molecule has 0 aromatic heterocycles. The zero-order valence-corrected chi connectivity index (χ0v) is 8.72. The van der Waals surface area contributed by atoms with E-state index < -0.39 is 43.9 Å². The number of carboxylic acid groups (broad SMARTS) is 1. The van der Waals surface area contributed by atoms with Crippen LogP contribution < -0.4 is 0 Å². The van der Waals surface area contributed by atoms with Crippen molar-refractivity contribution in [1.29, 1.82) is 5.26 Å². The molecule has 0 aromatic rings. The average molecular weight is 278 g/mol. The predicted octanol–water partition coefficient (Wildman–Crippen LogP) is 1.64. The van der Waals surface area contributed by atoms with Crippen molar-refractivity contribution in [2.24, 2.45) is 5.92 Å². The molecule has 1 unspecified atom stereocenters. The van der Waals surface area contributed by atoms with Gasteiger partial charge in [0.05, 0.1) is 19.2 Å². The lowest BCUT2D eigenvalue weighted by Gasteiger charge is -2.24. The standard InChI is InChI=1S/C8H8F6N2O2/c9-7(10,11)4-16(3-6(17)18)2-5(1-15)8(12,13)14/h5H,2-4H2,(H,17,18). The maximum absolute atomic E-state index is 12.2. The lowest BCUT2D eigenvalue weighted by molar-refractivity contribution is -0.179. The molecule has 0 radical (unpaired) electrons. The third kappa shape index (κ3) is 6.95. The van der Waals surface area contributed by atoms with Crippen molar-refractivity contribution in [3.63, 3.8) is 0 Å². The molecule has 0 heterocycles. The van der Waals surface area contributed by atoms with E-state index in [0.29, 0.717) is 0 Å². The quantitative estimate of drug-likeness (QED) is 0.776. The first-order chi connectivity index (χ1) is 7.95. The van der Waals surface area contributed by atoms with E-state index in [0.717, 1.165) is 6.07 Å². The number of rotatable bonds is 5. The topological polar surface area (TPSA) is 64.3 Å². The first kappa shape index (κ1) is 16.5. The summed E-state index contributed by atoms with van der Waals surface area (Å²) >= 11 is 0. The van der Waals surface area contributed by atoms with E-state index in [1.165, 1.54) is 0 Å². The van der Waals surface area contributed by atoms with Gasteiger partial charge in [0, 0.05) is 6.54 Å². The molecule has 1 atom stereocenters. The molecule has 0 aliphatic heterocycles. The van der Waals surface area contributed by atoms with E-state index in [-0.39, 0.29) is 4.90 Å². The van der Waals surface area contributed by atoms with Crippen LogP contribution in [0.4, 0.5) is 26.3 Å². The monoisotopic (exact) mass is 278 g/mol. The number of nitriles is 1. The Hall–Kier alpha value is -1.50. The SMILES string of the molecule is N#CC(CN(CC(=O)O)CC(F)(F)F)C(F)(F)F. The molecule has 10 heteroatoms. The van der Waals surface area contributed by atoms with Crippen LogP contribution >= 0.6 is 0 Å². The summed E-state index contributed by atoms with van der Waals surface area (Å²) in [5.74, 6) is -4.38. The smallest absolute Gasteiger partial charge is 0.405 e. The van der Waals surface area contributed by atoms with Crippen molar-refractivity contribution in [3.8, 4) is 6.07 Å². The number of hydrogen-bond acceptors (Lipinski definition) is 3. The number of aliphatic carboxylic acids is 1. The average Bonchev–Trinajstić information content (AvgIpc) is 2.07. The van der Waals surface area contributed by atoms with Crippen LogP contribution in [0.3, 0.4) is 0 Å². The van der Waals surface area contributed by atoms with Crippen molar-refractivity contribution in [2.45, 2.75) is 12.4 Å². The van der Waals surface area contributed by atoms with Crippen molar-refractivity contribution < 1.29 is 36.2 Å². The van der Waals surface area contributed by atoms with Crippen molar-refractivity contribution in [2.75, 3.05) is 19.6 Å². The maximum Gasteiger partial charge on any atom is 0.405 e. The minimum atomic E-state index is -5.00. The molecule has 104 valence electrons. The third-order valence-corrected chi connectivity index (χ3v) is 1.75. The second kappa shape index (κ2) is 5.90. The summed E-state index contributed by atoms with van der Waals surface area (Å²) in [7, 11) is 0. The molecule has 0 saturated carbocycles. The van der Waals surface area contributed by atoms with Crippen LogP contribution in [0.15, 0.2) is 0 Å². The summed E-state index contributed by atoms with van der Waals surface area (Å²) < 4.78 is 72.5. The number of carbonyl (C=O) groups is 1. The Balaban J connectivity index is 4.78. The van der Waals surface area contributed by atoms with Crippen LogP contribution in [0.25, 0.3) is 0 Å². The van der Waals surface area contributed by atoms with Gasteiger partial charge in [0.2, 0.25) is 0 Å². The van der Waals surface area contributed by atoms with E-state index >= 15 is 0 Å². The van der Waals surface area contributed by atoms with E-state index in [1.54, 1.807) is 0 Å². The second-order valence-electron chi connectivity index (χ2n) is 3.40. The summed E-state index contributed by atoms with van der Waals surface area (Å²) in [6, 6.07) is 0.805. The minimum Gasteiger partial charge on any atom is -0.480 e. The van der Waals surface area contributed by atoms with Gasteiger partial charge < -0.3 is 5.11 Å². The van der Waals surface area contributed by atoms with Crippen LogP contribution in [-0.4, -0.2) is 48.0 Å². The molecule has 0 fully saturated rings. The largest absolute Gasteiger partial charge is 0.480 e. The van der Waals surface area contributed by atoms with Gasteiger partial charge in [0.15, 0.2) is 5.92 Å². The highest BCUT2D eigenvalue weighted by Gasteiger charge is 2.42. The summed E-state index contributed by atoms with van der Waals surface area (Å²) in [6.45, 7) is -4.40. The van der Waals surface area contributed by atoms with Crippen LogP contribution in [0.5, 0.6) is 0 Å². The van der Waals surface area contributed by atoms with Gasteiger partial charge >= 0.3 is 18.3 Å². The number of nitrogens with zero attached hydrogens (tertiary/aromatic N) is 2. The maximum atomic E-state index is 12.2. The van der Waals surface area contributed by atoms with Crippen LogP contribution in [0.2, 0.25) is 0 Å². The first-order valence-electron chi connectivity index (χ1n) is 4.43. The molecule has 0 aliphatic rings. The molecule has 0 aliphatic carbocycles. The molecule has 4 nitrogen and oxygen atoms in total. The van der Waals surface area contributed by atoms with E-state index in [1.807, 2.05) is 0 Å². The highest BCUT2D eigenvalue weighted by atomic mass is 19.4. The molecular weight excluding hydrogens is 270 g/mol. The Kier molecular flexibility index (Phi) is 5.41. The van der Waals surface area contributed by atoms with Crippen LogP contribution in [0, 0.1) is 17.2 Å².